The largest absolute Gasteiger partial charge is 0.361 e. The maximum absolute atomic E-state index is 12.7. The number of aryl methyl sites for hydroxylation is 1. The Morgan fingerprint density at radius 3 is 3.05 bits per heavy atom. The molecule has 0 aliphatic carbocycles. The average molecular weight is 285 g/mol. The van der Waals surface area contributed by atoms with Gasteiger partial charge in [0.15, 0.2) is 0 Å². The summed E-state index contributed by atoms with van der Waals surface area (Å²) in [7, 11) is 1.81. The van der Waals surface area contributed by atoms with Crippen molar-refractivity contribution < 1.29 is 9.32 Å². The molecule has 1 aliphatic rings. The monoisotopic (exact) mass is 285 g/mol. The number of carbonyl (C=O) groups excluding carboxylic acids is 1. The molecule has 5 heteroatoms. The third kappa shape index (κ3) is 2.83. The Bertz CT molecular complexity index is 650. The summed E-state index contributed by atoms with van der Waals surface area (Å²) in [5, 5.41) is 7.26. The third-order valence-electron chi connectivity index (χ3n) is 3.84. The highest BCUT2D eigenvalue weighted by molar-refractivity contribution is 5.84. The van der Waals surface area contributed by atoms with Crippen LogP contribution >= 0.6 is 0 Å². The molecule has 1 amide bonds. The number of aromatic nitrogens is 1. The van der Waals surface area contributed by atoms with Gasteiger partial charge in [0.25, 0.3) is 0 Å². The summed E-state index contributed by atoms with van der Waals surface area (Å²) in [4.78, 5) is 14.4. The van der Waals surface area contributed by atoms with Crippen LogP contribution in [-0.2, 0) is 17.9 Å². The van der Waals surface area contributed by atoms with Gasteiger partial charge in [0, 0.05) is 26.2 Å². The van der Waals surface area contributed by atoms with Crippen molar-refractivity contribution in [3.05, 3.63) is 52.9 Å². The molecule has 2 heterocycles. The fraction of sp³-hybridized carbons (Fsp3) is 0.375. The lowest BCUT2D eigenvalue weighted by Gasteiger charge is -2.29. The number of nitrogens with zero attached hydrogens (tertiary/aromatic N) is 2. The molecule has 0 spiro atoms. The molecule has 21 heavy (non-hydrogen) atoms. The minimum Gasteiger partial charge on any atom is -0.361 e. The Morgan fingerprint density at radius 1 is 1.48 bits per heavy atom. The molecule has 3 rings (SSSR count). The van der Waals surface area contributed by atoms with E-state index in [9.17, 15) is 4.79 Å². The van der Waals surface area contributed by atoms with Crippen LogP contribution < -0.4 is 5.32 Å². The molecule has 110 valence electrons. The Kier molecular flexibility index (Phi) is 3.75. The number of likely N-dealkylation sites (N-methyl/N-ethyl adjacent to an activating group) is 1. The molecule has 0 fully saturated rings. The van der Waals surface area contributed by atoms with E-state index < -0.39 is 0 Å². The van der Waals surface area contributed by atoms with Crippen LogP contribution in [0.5, 0.6) is 0 Å². The summed E-state index contributed by atoms with van der Waals surface area (Å²) < 4.78 is 5.05. The van der Waals surface area contributed by atoms with Crippen LogP contribution in [-0.4, -0.2) is 29.6 Å². The molecule has 0 saturated carbocycles. The zero-order valence-electron chi connectivity index (χ0n) is 12.3. The van der Waals surface area contributed by atoms with Crippen LogP contribution in [0.25, 0.3) is 0 Å². The average Bonchev–Trinajstić information content (AvgIpc) is 2.91. The Labute approximate surface area is 123 Å². The molecule has 1 aromatic heterocycles. The molecule has 0 radical (unpaired) electrons. The summed E-state index contributed by atoms with van der Waals surface area (Å²) in [6.07, 6.45) is 0. The lowest BCUT2D eigenvalue weighted by Crippen LogP contribution is -2.39. The van der Waals surface area contributed by atoms with Crippen molar-refractivity contribution in [2.24, 2.45) is 0 Å². The molecule has 1 aliphatic heterocycles. The van der Waals surface area contributed by atoms with Gasteiger partial charge in [-0.25, -0.2) is 0 Å². The maximum Gasteiger partial charge on any atom is 0.231 e. The lowest BCUT2D eigenvalue weighted by molar-refractivity contribution is -0.132. The van der Waals surface area contributed by atoms with E-state index in [2.05, 4.69) is 16.5 Å². The molecule has 1 unspecified atom stereocenters. The van der Waals surface area contributed by atoms with Crippen molar-refractivity contribution in [3.63, 3.8) is 0 Å². The zero-order chi connectivity index (χ0) is 14.8. The van der Waals surface area contributed by atoms with Crippen molar-refractivity contribution in [2.45, 2.75) is 25.9 Å². The molecular weight excluding hydrogens is 266 g/mol. The Hall–Kier alpha value is -2.14. The van der Waals surface area contributed by atoms with Gasteiger partial charge in [-0.3, -0.25) is 4.79 Å². The highest BCUT2D eigenvalue weighted by atomic mass is 16.5. The minimum atomic E-state index is -0.132. The van der Waals surface area contributed by atoms with Crippen molar-refractivity contribution >= 4 is 5.91 Å². The van der Waals surface area contributed by atoms with Crippen LogP contribution in [0.3, 0.4) is 0 Å². The van der Waals surface area contributed by atoms with Crippen LogP contribution in [0.15, 0.2) is 34.9 Å². The zero-order valence-corrected chi connectivity index (χ0v) is 12.3. The number of rotatable bonds is 3. The third-order valence-corrected chi connectivity index (χ3v) is 3.84. The lowest BCUT2D eigenvalue weighted by atomic mass is 9.90. The summed E-state index contributed by atoms with van der Waals surface area (Å²) in [6.45, 7) is 3.82. The molecule has 1 aromatic carbocycles. The van der Waals surface area contributed by atoms with E-state index in [1.807, 2.05) is 38.2 Å². The molecule has 1 atom stereocenters. The number of fused-ring (bicyclic) bond motifs is 1. The number of hydrogen-bond donors (Lipinski definition) is 1. The maximum atomic E-state index is 12.7. The smallest absolute Gasteiger partial charge is 0.231 e. The number of nitrogens with one attached hydrogen (secondary N) is 1. The van der Waals surface area contributed by atoms with Crippen molar-refractivity contribution in [1.82, 2.24) is 15.4 Å². The molecule has 5 nitrogen and oxygen atoms in total. The van der Waals surface area contributed by atoms with Crippen LogP contribution in [0.1, 0.15) is 28.5 Å². The molecule has 0 saturated heterocycles. The first-order valence-electron chi connectivity index (χ1n) is 7.11. The van der Waals surface area contributed by atoms with E-state index in [1.165, 1.54) is 5.56 Å². The van der Waals surface area contributed by atoms with E-state index in [-0.39, 0.29) is 11.8 Å². The van der Waals surface area contributed by atoms with Gasteiger partial charge in [0.05, 0.1) is 12.5 Å². The summed E-state index contributed by atoms with van der Waals surface area (Å²) >= 11 is 0. The van der Waals surface area contributed by atoms with Crippen LogP contribution in [0.4, 0.5) is 0 Å². The van der Waals surface area contributed by atoms with Gasteiger partial charge in [-0.05, 0) is 18.1 Å². The molecular formula is C16H19N3O2. The van der Waals surface area contributed by atoms with E-state index in [0.29, 0.717) is 13.1 Å². The topological polar surface area (TPSA) is 58.4 Å². The first kappa shape index (κ1) is 13.8. The number of hydrogen-bond acceptors (Lipinski definition) is 4. The van der Waals surface area contributed by atoms with Crippen molar-refractivity contribution in [2.75, 3.05) is 13.6 Å². The normalized spacial score (nSPS) is 17.3. The second kappa shape index (κ2) is 5.69. The van der Waals surface area contributed by atoms with Crippen LogP contribution in [0.2, 0.25) is 0 Å². The summed E-state index contributed by atoms with van der Waals surface area (Å²) in [5.41, 5.74) is 3.11. The van der Waals surface area contributed by atoms with Gasteiger partial charge in [-0.2, -0.15) is 0 Å². The summed E-state index contributed by atoms with van der Waals surface area (Å²) in [6, 6.07) is 9.98. The van der Waals surface area contributed by atoms with Gasteiger partial charge in [0.2, 0.25) is 5.91 Å². The molecule has 1 N–H and O–H groups in total. The summed E-state index contributed by atoms with van der Waals surface area (Å²) in [5.74, 6) is 0.735. The van der Waals surface area contributed by atoms with E-state index >= 15 is 0 Å². The standard InChI is InChI=1S/C16H19N3O2/c1-11-7-13(18-21-11)10-19(2)16(20)15-9-17-8-12-5-3-4-6-14(12)15/h3-7,15,17H,8-10H2,1-2H3. The van der Waals surface area contributed by atoms with Crippen molar-refractivity contribution in [1.29, 1.82) is 0 Å². The molecule has 2 aromatic rings. The minimum absolute atomic E-state index is 0.107. The SMILES string of the molecule is Cc1cc(CN(C)C(=O)C2CNCc3ccccc32)no1. The molecule has 0 bridgehead atoms. The Morgan fingerprint density at radius 2 is 2.29 bits per heavy atom. The second-order valence-electron chi connectivity index (χ2n) is 5.51. The highest BCUT2D eigenvalue weighted by Gasteiger charge is 2.28. The fourth-order valence-corrected chi connectivity index (χ4v) is 2.80. The second-order valence-corrected chi connectivity index (χ2v) is 5.51. The first-order chi connectivity index (χ1) is 10.1. The first-order valence-corrected chi connectivity index (χ1v) is 7.11. The van der Waals surface area contributed by atoms with Gasteiger partial charge >= 0.3 is 0 Å². The number of benzene rings is 1. The predicted octanol–water partition coefficient (Wildman–Crippen LogP) is 1.83. The van der Waals surface area contributed by atoms with Gasteiger partial charge in [-0.1, -0.05) is 29.4 Å². The number of carbonyl (C=O) groups is 1. The highest BCUT2D eigenvalue weighted by Crippen LogP contribution is 2.25. The van der Waals surface area contributed by atoms with E-state index in [0.717, 1.165) is 23.6 Å². The van der Waals surface area contributed by atoms with Gasteiger partial charge in [-0.15, -0.1) is 0 Å². The van der Waals surface area contributed by atoms with Gasteiger partial charge in [0.1, 0.15) is 11.5 Å². The quantitative estimate of drug-likeness (QED) is 0.934. The number of amides is 1. The van der Waals surface area contributed by atoms with Crippen molar-refractivity contribution in [3.8, 4) is 0 Å². The fourth-order valence-electron chi connectivity index (χ4n) is 2.80. The predicted molar refractivity (Wildman–Crippen MR) is 78.6 cm³/mol. The van der Waals surface area contributed by atoms with E-state index in [4.69, 9.17) is 4.52 Å². The van der Waals surface area contributed by atoms with E-state index in [1.54, 1.807) is 4.90 Å². The Balaban J connectivity index is 1.76. The van der Waals surface area contributed by atoms with Gasteiger partial charge < -0.3 is 14.7 Å². The van der Waals surface area contributed by atoms with Crippen LogP contribution in [0, 0.1) is 6.92 Å².